The van der Waals surface area contributed by atoms with Crippen LogP contribution in [0.3, 0.4) is 0 Å². The maximum absolute atomic E-state index is 13.0. The molecule has 0 unspecified atom stereocenters. The lowest BCUT2D eigenvalue weighted by Gasteiger charge is -2.36. The summed E-state index contributed by atoms with van der Waals surface area (Å²) in [5.41, 5.74) is 2.27. The molecule has 3 rings (SSSR count). The van der Waals surface area contributed by atoms with Crippen molar-refractivity contribution in [3.8, 4) is 5.75 Å². The van der Waals surface area contributed by atoms with Crippen molar-refractivity contribution in [2.45, 2.75) is 19.8 Å². The molecule has 2 aromatic rings. The van der Waals surface area contributed by atoms with Crippen molar-refractivity contribution >= 4 is 17.2 Å². The molecule has 28 heavy (non-hydrogen) atoms. The largest absolute Gasteiger partial charge is 0.506 e. The van der Waals surface area contributed by atoms with Crippen molar-refractivity contribution in [1.82, 2.24) is 4.90 Å². The Labute approximate surface area is 165 Å². The van der Waals surface area contributed by atoms with E-state index in [1.165, 1.54) is 25.1 Å². The molecule has 6 heteroatoms. The molecule has 1 aliphatic heterocycles. The number of hydrogen-bond donors (Lipinski definition) is 2. The highest BCUT2D eigenvalue weighted by Gasteiger charge is 2.16. The van der Waals surface area contributed by atoms with Gasteiger partial charge < -0.3 is 15.3 Å². The number of carbonyl (C=O) groups excluding carboxylic acids is 1. The third kappa shape index (κ3) is 5.45. The van der Waals surface area contributed by atoms with Crippen molar-refractivity contribution in [3.05, 3.63) is 53.8 Å². The Hall–Kier alpha value is -2.60. The van der Waals surface area contributed by atoms with Gasteiger partial charge in [0.2, 0.25) is 0 Å². The van der Waals surface area contributed by atoms with Gasteiger partial charge in [-0.05, 0) is 68.8 Å². The van der Waals surface area contributed by atoms with E-state index in [-0.39, 0.29) is 17.3 Å². The number of anilines is 2. The van der Waals surface area contributed by atoms with Crippen molar-refractivity contribution < 1.29 is 14.3 Å². The fourth-order valence-corrected chi connectivity index (χ4v) is 3.47. The molecule has 1 heterocycles. The first-order valence-electron chi connectivity index (χ1n) is 9.83. The Balaban J connectivity index is 1.33. The number of aromatic hydroxyl groups is 1. The highest BCUT2D eigenvalue weighted by atomic mass is 19.1. The second-order valence-corrected chi connectivity index (χ2v) is 7.23. The molecule has 1 saturated heterocycles. The van der Waals surface area contributed by atoms with Gasteiger partial charge >= 0.3 is 0 Å². The number of halogens is 1. The third-order valence-corrected chi connectivity index (χ3v) is 5.18. The van der Waals surface area contributed by atoms with Crippen molar-refractivity contribution in [3.63, 3.8) is 0 Å². The summed E-state index contributed by atoms with van der Waals surface area (Å²) in [4.78, 5) is 16.1. The molecule has 2 aromatic carbocycles. The zero-order valence-electron chi connectivity index (χ0n) is 16.3. The molecule has 150 valence electrons. The zero-order valence-corrected chi connectivity index (χ0v) is 16.3. The number of piperazine rings is 1. The second-order valence-electron chi connectivity index (χ2n) is 7.23. The molecule has 5 nitrogen and oxygen atoms in total. The molecule has 1 fully saturated rings. The van der Waals surface area contributed by atoms with Gasteiger partial charge in [-0.25, -0.2) is 4.39 Å². The Morgan fingerprint density at radius 3 is 2.43 bits per heavy atom. The van der Waals surface area contributed by atoms with E-state index < -0.39 is 0 Å². The van der Waals surface area contributed by atoms with Gasteiger partial charge in [0, 0.05) is 44.0 Å². The smallest absolute Gasteiger partial charge is 0.159 e. The third-order valence-electron chi connectivity index (χ3n) is 5.18. The first-order valence-corrected chi connectivity index (χ1v) is 9.83. The molecule has 0 aliphatic carbocycles. The van der Waals surface area contributed by atoms with Gasteiger partial charge in [-0.1, -0.05) is 0 Å². The number of ketones is 1. The van der Waals surface area contributed by atoms with Gasteiger partial charge in [0.1, 0.15) is 11.6 Å². The van der Waals surface area contributed by atoms with Crippen molar-refractivity contribution in [2.75, 3.05) is 49.5 Å². The van der Waals surface area contributed by atoms with Crippen molar-refractivity contribution in [1.29, 1.82) is 0 Å². The topological polar surface area (TPSA) is 55.8 Å². The number of hydrogen-bond acceptors (Lipinski definition) is 5. The molecule has 0 atom stereocenters. The fraction of sp³-hybridized carbons (Fsp3) is 0.409. The normalized spacial score (nSPS) is 14.9. The van der Waals surface area contributed by atoms with Gasteiger partial charge in [-0.2, -0.15) is 0 Å². The zero-order chi connectivity index (χ0) is 19.9. The molecule has 0 aromatic heterocycles. The van der Waals surface area contributed by atoms with Crippen LogP contribution in [-0.2, 0) is 0 Å². The van der Waals surface area contributed by atoms with Crippen LogP contribution in [0.2, 0.25) is 0 Å². The molecule has 0 amide bonds. The first-order chi connectivity index (χ1) is 13.5. The maximum atomic E-state index is 13.0. The van der Waals surface area contributed by atoms with E-state index in [0.29, 0.717) is 11.3 Å². The first kappa shape index (κ1) is 20.1. The van der Waals surface area contributed by atoms with E-state index in [1.807, 2.05) is 12.1 Å². The second kappa shape index (κ2) is 9.55. The molecule has 2 N–H and O–H groups in total. The molecule has 1 aliphatic rings. The summed E-state index contributed by atoms with van der Waals surface area (Å²) in [6.07, 6.45) is 2.09. The summed E-state index contributed by atoms with van der Waals surface area (Å²) in [6, 6.07) is 11.7. The summed E-state index contributed by atoms with van der Waals surface area (Å²) in [5, 5.41) is 13.2. The standard InChI is InChI=1S/C22H28FN3O2/c1-17(27)18-4-9-21(22(28)16-18)24-10-2-3-11-25-12-14-26(15-13-25)20-7-5-19(23)6-8-20/h4-9,16,24,28H,2-3,10-15H2,1H3. The van der Waals surface area contributed by atoms with Crippen LogP contribution in [0.25, 0.3) is 0 Å². The van der Waals surface area contributed by atoms with Crippen LogP contribution in [0, 0.1) is 5.82 Å². The number of rotatable bonds is 8. The minimum atomic E-state index is -0.195. The minimum absolute atomic E-state index is 0.0543. The number of nitrogens with one attached hydrogen (secondary N) is 1. The Kier molecular flexibility index (Phi) is 6.87. The lowest BCUT2D eigenvalue weighted by molar-refractivity contribution is 0.101. The van der Waals surface area contributed by atoms with Crippen LogP contribution in [0.5, 0.6) is 5.75 Å². The number of carbonyl (C=O) groups is 1. The predicted molar refractivity (Wildman–Crippen MR) is 111 cm³/mol. The number of nitrogens with zero attached hydrogens (tertiary/aromatic N) is 2. The number of phenols is 1. The Morgan fingerprint density at radius 1 is 1.07 bits per heavy atom. The summed E-state index contributed by atoms with van der Waals surface area (Å²) < 4.78 is 13.0. The van der Waals surface area contributed by atoms with E-state index >= 15 is 0 Å². The molecular formula is C22H28FN3O2. The van der Waals surface area contributed by atoms with Crippen LogP contribution in [0.4, 0.5) is 15.8 Å². The van der Waals surface area contributed by atoms with E-state index in [9.17, 15) is 14.3 Å². The van der Waals surface area contributed by atoms with Gasteiger partial charge in [0.25, 0.3) is 0 Å². The Bertz CT molecular complexity index is 787. The number of phenolic OH excluding ortho intramolecular Hbond substituents is 1. The highest BCUT2D eigenvalue weighted by Crippen LogP contribution is 2.24. The van der Waals surface area contributed by atoms with Crippen LogP contribution >= 0.6 is 0 Å². The van der Waals surface area contributed by atoms with Gasteiger partial charge in [-0.3, -0.25) is 9.69 Å². The molecule has 0 radical (unpaired) electrons. The number of unbranched alkanes of at least 4 members (excludes halogenated alkanes) is 1. The minimum Gasteiger partial charge on any atom is -0.506 e. The summed E-state index contributed by atoms with van der Waals surface area (Å²) >= 11 is 0. The van der Waals surface area contributed by atoms with Gasteiger partial charge in [-0.15, -0.1) is 0 Å². The lowest BCUT2D eigenvalue weighted by Crippen LogP contribution is -2.46. The number of Topliss-reactive ketones (excluding diaryl/α,β-unsaturated/α-hetero) is 1. The van der Waals surface area contributed by atoms with E-state index in [0.717, 1.165) is 57.8 Å². The molecule has 0 saturated carbocycles. The summed E-state index contributed by atoms with van der Waals surface area (Å²) in [5.74, 6) is -0.134. The number of benzene rings is 2. The van der Waals surface area contributed by atoms with E-state index in [4.69, 9.17) is 0 Å². The van der Waals surface area contributed by atoms with Gasteiger partial charge in [0.15, 0.2) is 5.78 Å². The maximum Gasteiger partial charge on any atom is 0.159 e. The summed E-state index contributed by atoms with van der Waals surface area (Å²) in [6.45, 7) is 7.26. The SMILES string of the molecule is CC(=O)c1ccc(NCCCCN2CCN(c3ccc(F)cc3)CC2)c(O)c1. The van der Waals surface area contributed by atoms with Crippen LogP contribution in [0.1, 0.15) is 30.1 Å². The molecule has 0 spiro atoms. The van der Waals surface area contributed by atoms with E-state index in [1.54, 1.807) is 12.1 Å². The molecule has 0 bridgehead atoms. The van der Waals surface area contributed by atoms with E-state index in [2.05, 4.69) is 15.1 Å². The van der Waals surface area contributed by atoms with Crippen LogP contribution < -0.4 is 10.2 Å². The van der Waals surface area contributed by atoms with Gasteiger partial charge in [0.05, 0.1) is 5.69 Å². The average Bonchev–Trinajstić information content (AvgIpc) is 2.70. The van der Waals surface area contributed by atoms with Crippen LogP contribution in [-0.4, -0.2) is 55.1 Å². The predicted octanol–water partition coefficient (Wildman–Crippen LogP) is 3.75. The summed E-state index contributed by atoms with van der Waals surface area (Å²) in [7, 11) is 0. The van der Waals surface area contributed by atoms with Crippen molar-refractivity contribution in [2.24, 2.45) is 0 Å². The Morgan fingerprint density at radius 2 is 1.79 bits per heavy atom. The fourth-order valence-electron chi connectivity index (χ4n) is 3.47. The average molecular weight is 385 g/mol. The lowest BCUT2D eigenvalue weighted by atomic mass is 10.1. The highest BCUT2D eigenvalue weighted by molar-refractivity contribution is 5.95. The molecular weight excluding hydrogens is 357 g/mol. The quantitative estimate of drug-likeness (QED) is 0.412. The van der Waals surface area contributed by atoms with Crippen LogP contribution in [0.15, 0.2) is 42.5 Å². The monoisotopic (exact) mass is 385 g/mol.